The molecule has 0 bridgehead atoms. The van der Waals surface area contributed by atoms with Gasteiger partial charge in [-0.2, -0.15) is 18.4 Å². The molecule has 1 N–H and O–H groups in total. The summed E-state index contributed by atoms with van der Waals surface area (Å²) >= 11 is 1.07. The van der Waals surface area contributed by atoms with Crippen molar-refractivity contribution < 1.29 is 17.4 Å². The minimum Gasteiger partial charge on any atom is -0.367 e. The van der Waals surface area contributed by atoms with Crippen molar-refractivity contribution in [2.24, 2.45) is 5.92 Å². The van der Waals surface area contributed by atoms with E-state index in [9.17, 15) is 22.6 Å². The minimum atomic E-state index is -4.25. The molecule has 0 spiro atoms. The number of rotatable bonds is 9. The van der Waals surface area contributed by atoms with Crippen LogP contribution in [0.4, 0.5) is 19.0 Å². The first-order chi connectivity index (χ1) is 22.0. The zero-order valence-electron chi connectivity index (χ0n) is 26.4. The summed E-state index contributed by atoms with van der Waals surface area (Å²) in [7, 11) is -0.934. The fourth-order valence-electron chi connectivity index (χ4n) is 7.20. The van der Waals surface area contributed by atoms with E-state index in [0.29, 0.717) is 33.7 Å². The smallest absolute Gasteiger partial charge is 0.367 e. The van der Waals surface area contributed by atoms with Crippen LogP contribution in [0.1, 0.15) is 60.7 Å². The molecule has 2 aliphatic heterocycles. The summed E-state index contributed by atoms with van der Waals surface area (Å²) in [5, 5.41) is 15.2. The second kappa shape index (κ2) is 13.6. The molecule has 8 nitrogen and oxygen atoms in total. The summed E-state index contributed by atoms with van der Waals surface area (Å²) in [6, 6.07) is 10.8. The Balaban J connectivity index is 1.07. The molecule has 0 saturated carbocycles. The van der Waals surface area contributed by atoms with E-state index in [1.54, 1.807) is 12.3 Å². The third kappa shape index (κ3) is 7.25. The standard InChI is InChI=1S/C33H40F3N7OS2/c1-21-14-23(7-13-43(21)46(3)44)6-12-42-26(18-37)15-28-22(2)24(4-5-30(28)42)19-41-10-8-25(9-11-41)40-31-29-16-27(17-33(34,35)36)45-32(29)39-20-38-31/h4-5,15-16,20-21,23,25H,6-14,17,19H2,1-3H3,(H,38,39,40). The van der Waals surface area contributed by atoms with Gasteiger partial charge in [0.15, 0.2) is 0 Å². The maximum atomic E-state index is 12.9. The molecule has 2 saturated heterocycles. The largest absolute Gasteiger partial charge is 0.393 e. The summed E-state index contributed by atoms with van der Waals surface area (Å²) in [4.78, 5) is 11.8. The van der Waals surface area contributed by atoms with Crippen molar-refractivity contribution in [1.82, 2.24) is 23.7 Å². The van der Waals surface area contributed by atoms with Crippen LogP contribution in [0, 0.1) is 24.2 Å². The van der Waals surface area contributed by atoms with Gasteiger partial charge in [0.25, 0.3) is 0 Å². The lowest BCUT2D eigenvalue weighted by Crippen LogP contribution is -2.41. The molecule has 2 fully saturated rings. The number of nitrogens with one attached hydrogen (secondary N) is 1. The Hall–Kier alpha value is -3.05. The van der Waals surface area contributed by atoms with Gasteiger partial charge in [0.1, 0.15) is 28.7 Å². The highest BCUT2D eigenvalue weighted by Crippen LogP contribution is 2.34. The van der Waals surface area contributed by atoms with E-state index in [1.807, 2.05) is 6.07 Å². The van der Waals surface area contributed by atoms with E-state index in [4.69, 9.17) is 0 Å². The van der Waals surface area contributed by atoms with Crippen LogP contribution in [0.5, 0.6) is 0 Å². The third-order valence-corrected chi connectivity index (χ3v) is 11.9. The summed E-state index contributed by atoms with van der Waals surface area (Å²) in [6.07, 6.45) is 2.80. The van der Waals surface area contributed by atoms with Gasteiger partial charge in [0, 0.05) is 66.8 Å². The molecule has 4 aromatic rings. The third-order valence-electron chi connectivity index (χ3n) is 9.67. The highest BCUT2D eigenvalue weighted by Gasteiger charge is 2.30. The van der Waals surface area contributed by atoms with Gasteiger partial charge < -0.3 is 9.88 Å². The number of piperidine rings is 2. The summed E-state index contributed by atoms with van der Waals surface area (Å²) in [5.41, 5.74) is 4.25. The molecule has 246 valence electrons. The van der Waals surface area contributed by atoms with Crippen molar-refractivity contribution in [2.75, 3.05) is 31.2 Å². The van der Waals surface area contributed by atoms with Crippen molar-refractivity contribution in [3.05, 3.63) is 52.3 Å². The SMILES string of the molecule is Cc1c(CN2CCC(Nc3ncnc4sc(CC(F)(F)F)cc34)CC2)ccc2c1cc(C#N)n2CCC1CCN(S(C)=O)C(C)C1. The van der Waals surface area contributed by atoms with Crippen molar-refractivity contribution in [2.45, 2.75) is 83.7 Å². The molecule has 5 heterocycles. The van der Waals surface area contributed by atoms with Crippen LogP contribution in [-0.2, 0) is 30.5 Å². The predicted octanol–water partition coefficient (Wildman–Crippen LogP) is 6.79. The second-order valence-corrected chi connectivity index (χ2v) is 15.2. The zero-order valence-corrected chi connectivity index (χ0v) is 28.1. The van der Waals surface area contributed by atoms with Crippen LogP contribution in [0.3, 0.4) is 0 Å². The predicted molar refractivity (Wildman–Crippen MR) is 178 cm³/mol. The topological polar surface area (TPSA) is 90.1 Å². The molecule has 0 aliphatic carbocycles. The lowest BCUT2D eigenvalue weighted by atomic mass is 9.90. The molecule has 0 radical (unpaired) electrons. The number of thiophene rings is 1. The van der Waals surface area contributed by atoms with Gasteiger partial charge in [-0.15, -0.1) is 11.3 Å². The highest BCUT2D eigenvalue weighted by atomic mass is 32.2. The maximum Gasteiger partial charge on any atom is 0.393 e. The van der Waals surface area contributed by atoms with Gasteiger partial charge in [-0.25, -0.2) is 18.5 Å². The number of anilines is 1. The normalized spacial score (nSPS) is 21.2. The van der Waals surface area contributed by atoms with Crippen LogP contribution in [0.2, 0.25) is 0 Å². The van der Waals surface area contributed by atoms with Gasteiger partial charge in [0.2, 0.25) is 0 Å². The number of halogens is 3. The van der Waals surface area contributed by atoms with E-state index in [2.05, 4.69) is 61.1 Å². The number of likely N-dealkylation sites (tertiary alicyclic amines) is 1. The van der Waals surface area contributed by atoms with Crippen LogP contribution in [-0.4, -0.2) is 72.1 Å². The van der Waals surface area contributed by atoms with Crippen LogP contribution in [0.15, 0.2) is 30.6 Å². The monoisotopic (exact) mass is 671 g/mol. The number of hydrogen-bond acceptors (Lipinski definition) is 7. The van der Waals surface area contributed by atoms with Crippen molar-refractivity contribution >= 4 is 49.3 Å². The number of nitriles is 1. The Labute approximate surface area is 274 Å². The number of alkyl halides is 3. The van der Waals surface area contributed by atoms with Crippen LogP contribution < -0.4 is 5.32 Å². The highest BCUT2D eigenvalue weighted by molar-refractivity contribution is 7.81. The first-order valence-corrected chi connectivity index (χ1v) is 18.2. The average molecular weight is 672 g/mol. The number of nitrogens with zero attached hydrogens (tertiary/aromatic N) is 6. The number of benzene rings is 1. The quantitative estimate of drug-likeness (QED) is 0.211. The maximum absolute atomic E-state index is 12.9. The fourth-order valence-corrected chi connectivity index (χ4v) is 9.19. The molecule has 1 aromatic carbocycles. The summed E-state index contributed by atoms with van der Waals surface area (Å²) in [5.74, 6) is 1.15. The summed E-state index contributed by atoms with van der Waals surface area (Å²) < 4.78 is 55.0. The van der Waals surface area contributed by atoms with E-state index in [-0.39, 0.29) is 10.9 Å². The molecular formula is C33H40F3N7OS2. The van der Waals surface area contributed by atoms with E-state index in [1.165, 1.54) is 17.5 Å². The van der Waals surface area contributed by atoms with E-state index < -0.39 is 23.6 Å². The van der Waals surface area contributed by atoms with Crippen LogP contribution >= 0.6 is 11.3 Å². The first-order valence-electron chi connectivity index (χ1n) is 15.9. The van der Waals surface area contributed by atoms with E-state index in [0.717, 1.165) is 87.1 Å². The second-order valence-electron chi connectivity index (χ2n) is 12.8. The van der Waals surface area contributed by atoms with Gasteiger partial charge in [-0.05, 0) is 81.2 Å². The van der Waals surface area contributed by atoms with Gasteiger partial charge in [-0.1, -0.05) is 6.07 Å². The molecule has 3 unspecified atom stereocenters. The lowest BCUT2D eigenvalue weighted by Gasteiger charge is -2.35. The number of aromatic nitrogens is 3. The molecule has 2 aliphatic rings. The van der Waals surface area contributed by atoms with Gasteiger partial charge in [0.05, 0.1) is 22.8 Å². The fraction of sp³-hybridized carbons (Fsp3) is 0.545. The molecule has 46 heavy (non-hydrogen) atoms. The lowest BCUT2D eigenvalue weighted by molar-refractivity contribution is -0.126. The van der Waals surface area contributed by atoms with Gasteiger partial charge in [-0.3, -0.25) is 4.90 Å². The molecule has 3 aromatic heterocycles. The Kier molecular flexibility index (Phi) is 9.71. The van der Waals surface area contributed by atoms with Gasteiger partial charge >= 0.3 is 6.18 Å². The molecule has 3 atom stereocenters. The minimum absolute atomic E-state index is 0.176. The molecule has 6 rings (SSSR count). The van der Waals surface area contributed by atoms with E-state index >= 15 is 0 Å². The molecule has 0 amide bonds. The van der Waals surface area contributed by atoms with Crippen molar-refractivity contribution in [1.29, 1.82) is 5.26 Å². The molecular weight excluding hydrogens is 632 g/mol. The first kappa shape index (κ1) is 32.9. The Morgan fingerprint density at radius 3 is 2.61 bits per heavy atom. The Morgan fingerprint density at radius 2 is 1.91 bits per heavy atom. The summed E-state index contributed by atoms with van der Waals surface area (Å²) in [6.45, 7) is 8.55. The Morgan fingerprint density at radius 1 is 1.13 bits per heavy atom. The molecule has 13 heteroatoms. The number of aryl methyl sites for hydroxylation is 2. The van der Waals surface area contributed by atoms with Crippen molar-refractivity contribution in [3.63, 3.8) is 0 Å². The van der Waals surface area contributed by atoms with Crippen molar-refractivity contribution in [3.8, 4) is 6.07 Å². The number of fused-ring (bicyclic) bond motifs is 2. The number of hydrogen-bond donors (Lipinski definition) is 1. The average Bonchev–Trinajstić information content (AvgIpc) is 3.58. The Bertz CT molecular complexity index is 1770. The zero-order chi connectivity index (χ0) is 32.6. The van der Waals surface area contributed by atoms with Crippen LogP contribution in [0.25, 0.3) is 21.1 Å².